The number of carbonyl (C=O) groups excluding carboxylic acids is 3. The number of primary amides is 1. The van der Waals surface area contributed by atoms with E-state index in [4.69, 9.17) is 16.3 Å². The molecule has 16 heteroatoms. The van der Waals surface area contributed by atoms with Crippen LogP contribution in [0.2, 0.25) is 0 Å². The monoisotopic (exact) mass is 571 g/mol. The number of carboxylic acid groups (broad SMARTS) is 1. The Hall–Kier alpha value is -4.44. The Morgan fingerprint density at radius 2 is 2.15 bits per heavy atom. The second-order valence-electron chi connectivity index (χ2n) is 8.52. The summed E-state index contributed by atoms with van der Waals surface area (Å²) in [7, 11) is 0. The number of anilines is 1. The van der Waals surface area contributed by atoms with Crippen LogP contribution in [0.25, 0.3) is 5.52 Å². The predicted molar refractivity (Wildman–Crippen MR) is 140 cm³/mol. The Kier molecular flexibility index (Phi) is 6.96. The highest BCUT2D eigenvalue weighted by molar-refractivity contribution is 8.00. The molecule has 6 N–H and O–H groups in total. The van der Waals surface area contributed by atoms with Gasteiger partial charge in [0.2, 0.25) is 0 Å². The lowest BCUT2D eigenvalue weighted by Crippen LogP contribution is -2.71. The lowest BCUT2D eigenvalue weighted by atomic mass is 10.0. The van der Waals surface area contributed by atoms with Gasteiger partial charge in [0.25, 0.3) is 17.7 Å². The Morgan fingerprint density at radius 1 is 1.36 bits per heavy atom. The van der Waals surface area contributed by atoms with E-state index in [-0.39, 0.29) is 35.4 Å². The lowest BCUT2D eigenvalue weighted by Gasteiger charge is -2.49. The number of aliphatic carboxylic acids is 1. The van der Waals surface area contributed by atoms with E-state index in [1.165, 1.54) is 16.7 Å². The van der Waals surface area contributed by atoms with Gasteiger partial charge in [-0.1, -0.05) is 5.16 Å². The van der Waals surface area contributed by atoms with Crippen LogP contribution in [0.15, 0.2) is 52.5 Å². The molecular weight excluding hydrogens is 548 g/mol. The summed E-state index contributed by atoms with van der Waals surface area (Å²) >= 11 is 2.47. The molecule has 3 aromatic heterocycles. The summed E-state index contributed by atoms with van der Waals surface area (Å²) in [6.07, 6.45) is 5.10. The third kappa shape index (κ3) is 4.79. The highest BCUT2D eigenvalue weighted by Crippen LogP contribution is 2.40. The maximum atomic E-state index is 13.1. The molecule has 0 unspecified atom stereocenters. The highest BCUT2D eigenvalue weighted by Gasteiger charge is 2.54. The van der Waals surface area contributed by atoms with E-state index in [2.05, 4.69) is 15.5 Å². The number of nitrogens with one attached hydrogen (secondary N) is 1. The molecule has 39 heavy (non-hydrogen) atoms. The van der Waals surface area contributed by atoms with Crippen molar-refractivity contribution in [3.63, 3.8) is 0 Å². The molecule has 0 saturated carbocycles. The van der Waals surface area contributed by atoms with Crippen LogP contribution in [0.1, 0.15) is 23.1 Å². The van der Waals surface area contributed by atoms with Crippen LogP contribution in [0, 0.1) is 0 Å². The predicted octanol–water partition coefficient (Wildman–Crippen LogP) is -0.456. The summed E-state index contributed by atoms with van der Waals surface area (Å²) in [5, 5.41) is 17.6. The van der Waals surface area contributed by atoms with Gasteiger partial charge in [0.15, 0.2) is 29.8 Å². The smallest absolute Gasteiger partial charge is 0.352 e. The summed E-state index contributed by atoms with van der Waals surface area (Å²) in [6, 6.07) is 2.37. The number of hydrogen-bond acceptors (Lipinski definition) is 10. The van der Waals surface area contributed by atoms with Gasteiger partial charge in [-0.05, 0) is 19.1 Å². The molecule has 202 valence electrons. The molecule has 2 aliphatic heterocycles. The summed E-state index contributed by atoms with van der Waals surface area (Å²) in [6.45, 7) is 2.11. The van der Waals surface area contributed by atoms with E-state index in [1.807, 2.05) is 0 Å². The molecular formula is C23H23N8O6S2+. The zero-order valence-corrected chi connectivity index (χ0v) is 22.1. The number of amides is 3. The van der Waals surface area contributed by atoms with E-state index < -0.39 is 35.1 Å². The van der Waals surface area contributed by atoms with E-state index in [9.17, 15) is 24.3 Å². The molecule has 0 bridgehead atoms. The number of aromatic nitrogens is 3. The van der Waals surface area contributed by atoms with Crippen molar-refractivity contribution in [2.24, 2.45) is 10.9 Å². The number of rotatable bonds is 9. The number of carbonyl (C=O) groups is 4. The first kappa shape index (κ1) is 26.2. The minimum absolute atomic E-state index is 0.120. The summed E-state index contributed by atoms with van der Waals surface area (Å²) in [5.41, 5.74) is 12.6. The number of fused-ring (bicyclic) bond motifs is 2. The average Bonchev–Trinajstić information content (AvgIpc) is 3.53. The van der Waals surface area contributed by atoms with Crippen molar-refractivity contribution in [3.05, 3.63) is 58.8 Å². The normalized spacial score (nSPS) is 19.1. The Balaban J connectivity index is 1.36. The summed E-state index contributed by atoms with van der Waals surface area (Å²) < 4.78 is 3.39. The van der Waals surface area contributed by atoms with Gasteiger partial charge in [-0.25, -0.2) is 9.78 Å². The number of β-lactam (4-membered cyclic amide) rings is 1. The van der Waals surface area contributed by atoms with Crippen LogP contribution in [0.4, 0.5) is 5.13 Å². The van der Waals surface area contributed by atoms with E-state index in [0.717, 1.165) is 11.3 Å². The average molecular weight is 572 g/mol. The minimum Gasteiger partial charge on any atom is -0.477 e. The maximum Gasteiger partial charge on any atom is 0.352 e. The maximum absolute atomic E-state index is 13.1. The van der Waals surface area contributed by atoms with Gasteiger partial charge in [-0.2, -0.15) is 4.57 Å². The van der Waals surface area contributed by atoms with Crippen LogP contribution < -0.4 is 21.4 Å². The number of nitrogen functional groups attached to an aromatic ring is 1. The molecule has 5 rings (SSSR count). The fraction of sp³-hybridized carbons (Fsp3) is 0.261. The van der Waals surface area contributed by atoms with Crippen molar-refractivity contribution in [2.75, 3.05) is 18.1 Å². The Bertz CT molecular complexity index is 1580. The number of nitrogens with two attached hydrogens (primary N) is 2. The van der Waals surface area contributed by atoms with Crippen molar-refractivity contribution in [1.29, 1.82) is 0 Å². The van der Waals surface area contributed by atoms with E-state index in [0.29, 0.717) is 22.5 Å². The van der Waals surface area contributed by atoms with Crippen molar-refractivity contribution in [3.8, 4) is 0 Å². The molecule has 0 radical (unpaired) electrons. The van der Waals surface area contributed by atoms with Crippen molar-refractivity contribution >= 4 is 63.1 Å². The summed E-state index contributed by atoms with van der Waals surface area (Å²) in [5.74, 6) is -2.74. The van der Waals surface area contributed by atoms with Gasteiger partial charge in [0, 0.05) is 16.7 Å². The van der Waals surface area contributed by atoms with Crippen LogP contribution >= 0.6 is 23.1 Å². The van der Waals surface area contributed by atoms with Crippen LogP contribution in [0.5, 0.6) is 0 Å². The molecule has 2 aliphatic rings. The Morgan fingerprint density at radius 3 is 2.82 bits per heavy atom. The third-order valence-corrected chi connectivity index (χ3v) is 8.10. The van der Waals surface area contributed by atoms with Crippen LogP contribution in [-0.2, 0) is 25.8 Å². The number of nitrogens with zero attached hydrogens (tertiary/aromatic N) is 5. The van der Waals surface area contributed by atoms with Gasteiger partial charge in [0.1, 0.15) is 40.6 Å². The number of thioether (sulfide) groups is 1. The van der Waals surface area contributed by atoms with Gasteiger partial charge < -0.3 is 31.1 Å². The molecule has 0 spiro atoms. The molecule has 0 aromatic carbocycles. The molecule has 1 saturated heterocycles. The number of hydrogen-bond donors (Lipinski definition) is 4. The van der Waals surface area contributed by atoms with Gasteiger partial charge in [0.05, 0.1) is 6.20 Å². The quantitative estimate of drug-likeness (QED) is 0.114. The highest BCUT2D eigenvalue weighted by atomic mass is 32.2. The second-order valence-corrected chi connectivity index (χ2v) is 10.5. The summed E-state index contributed by atoms with van der Waals surface area (Å²) in [4.78, 5) is 60.3. The number of oxime groups is 1. The number of thiazole rings is 1. The molecule has 1 fully saturated rings. The SMILES string of the molecule is CCON=C(C(=O)N[C@@H]1C(=O)N2C(C(=O)O)=C(C[n+]3ccn4c(C(N)=O)ccc4c3)CS[C@@H]12)c1csc(N)n1. The zero-order chi connectivity index (χ0) is 27.8. The first-order chi connectivity index (χ1) is 18.7. The van der Waals surface area contributed by atoms with Crippen LogP contribution in [0.3, 0.4) is 0 Å². The fourth-order valence-corrected chi connectivity index (χ4v) is 6.25. The standard InChI is InChI=1S/C23H22N8O6S2/c1-2-37-28-15(13-10-39-23(25)26-13)19(33)27-16-20(34)31-17(22(35)36)11(9-38-21(16)31)7-29-5-6-30-12(8-29)3-4-14(30)18(24)32/h3-6,8,10,16,21H,2,7,9H2,1H3,(H5-,24,25,26,27,32,33,35,36)/p+1/t16-,21+/m1/s1. The largest absolute Gasteiger partial charge is 0.477 e. The van der Waals surface area contributed by atoms with Gasteiger partial charge in [-0.15, -0.1) is 23.1 Å². The zero-order valence-electron chi connectivity index (χ0n) is 20.4. The molecule has 3 aromatic rings. The lowest BCUT2D eigenvalue weighted by molar-refractivity contribution is -0.688. The number of carboxylic acids is 1. The van der Waals surface area contributed by atoms with Crippen molar-refractivity contribution in [2.45, 2.75) is 24.9 Å². The van der Waals surface area contributed by atoms with E-state index >= 15 is 0 Å². The molecule has 3 amide bonds. The molecule has 2 atom stereocenters. The minimum atomic E-state index is -1.25. The van der Waals surface area contributed by atoms with Gasteiger partial charge in [-0.3, -0.25) is 19.3 Å². The Labute approximate surface area is 228 Å². The van der Waals surface area contributed by atoms with Crippen molar-refractivity contribution < 1.29 is 33.7 Å². The van der Waals surface area contributed by atoms with Crippen LogP contribution in [-0.4, -0.2) is 72.6 Å². The molecule has 5 heterocycles. The van der Waals surface area contributed by atoms with Gasteiger partial charge >= 0.3 is 5.97 Å². The molecule has 0 aliphatic carbocycles. The molecule has 14 nitrogen and oxygen atoms in total. The van der Waals surface area contributed by atoms with E-state index in [1.54, 1.807) is 52.0 Å². The first-order valence-corrected chi connectivity index (χ1v) is 13.5. The first-order valence-electron chi connectivity index (χ1n) is 11.6. The fourth-order valence-electron chi connectivity index (χ4n) is 4.36. The van der Waals surface area contributed by atoms with Crippen molar-refractivity contribution in [1.82, 2.24) is 19.6 Å². The third-order valence-electron chi connectivity index (χ3n) is 6.08. The second kappa shape index (κ2) is 10.4. The topological polar surface area (TPSA) is 199 Å².